The Balaban J connectivity index is 2.35. The molecule has 0 saturated carbocycles. The Hall–Kier alpha value is -1.51. The molecule has 0 bridgehead atoms. The van der Waals surface area contributed by atoms with Crippen molar-refractivity contribution < 1.29 is 9.53 Å². The van der Waals surface area contributed by atoms with Crippen molar-refractivity contribution in [1.82, 2.24) is 5.32 Å². The minimum Gasteiger partial charge on any atom is -0.484 e. The zero-order valence-electron chi connectivity index (χ0n) is 11.0. The van der Waals surface area contributed by atoms with Crippen molar-refractivity contribution >= 4 is 5.91 Å². The number of benzene rings is 1. The number of nitrogens with one attached hydrogen (secondary N) is 1. The molecule has 0 aliphatic rings. The summed E-state index contributed by atoms with van der Waals surface area (Å²) in [4.78, 5) is 11.6. The zero-order valence-corrected chi connectivity index (χ0v) is 11.0. The number of amides is 1. The number of aryl methyl sites for hydroxylation is 1. The van der Waals surface area contributed by atoms with Gasteiger partial charge in [0.25, 0.3) is 5.91 Å². The predicted octanol–water partition coefficient (Wildman–Crippen LogP) is 2.53. The Bertz CT molecular complexity index is 357. The highest BCUT2D eigenvalue weighted by molar-refractivity contribution is 5.77. The van der Waals surface area contributed by atoms with Crippen LogP contribution in [0.2, 0.25) is 0 Å². The molecule has 17 heavy (non-hydrogen) atoms. The molecule has 0 aliphatic heterocycles. The van der Waals surface area contributed by atoms with Gasteiger partial charge in [-0.2, -0.15) is 0 Å². The highest BCUT2D eigenvalue weighted by Crippen LogP contribution is 2.11. The van der Waals surface area contributed by atoms with E-state index in [2.05, 4.69) is 19.2 Å². The van der Waals surface area contributed by atoms with Crippen LogP contribution in [0.3, 0.4) is 0 Å². The van der Waals surface area contributed by atoms with E-state index in [1.165, 1.54) is 5.56 Å². The van der Waals surface area contributed by atoms with Crippen LogP contribution in [0.25, 0.3) is 0 Å². The Labute approximate surface area is 103 Å². The third kappa shape index (κ3) is 4.89. The van der Waals surface area contributed by atoms with Crippen LogP contribution in [0.15, 0.2) is 24.3 Å². The minimum absolute atomic E-state index is 0.0696. The van der Waals surface area contributed by atoms with Crippen LogP contribution in [0.1, 0.15) is 26.3 Å². The normalized spacial score (nSPS) is 12.3. The standard InChI is InChI=1S/C14H21NO2/c1-10(2)12(4)15-14(16)9-17-13-7-5-11(3)6-8-13/h5-8,10,12H,9H2,1-4H3,(H,15,16). The molecule has 1 unspecified atom stereocenters. The molecular weight excluding hydrogens is 214 g/mol. The molecular formula is C14H21NO2. The van der Waals surface area contributed by atoms with Crippen molar-refractivity contribution in [2.24, 2.45) is 5.92 Å². The lowest BCUT2D eigenvalue weighted by molar-refractivity contribution is -0.124. The molecule has 1 rings (SSSR count). The Morgan fingerprint density at radius 2 is 1.82 bits per heavy atom. The summed E-state index contributed by atoms with van der Waals surface area (Å²) < 4.78 is 5.39. The molecule has 94 valence electrons. The number of carbonyl (C=O) groups excluding carboxylic acids is 1. The maximum Gasteiger partial charge on any atom is 0.258 e. The molecule has 0 aliphatic carbocycles. The van der Waals surface area contributed by atoms with Crippen LogP contribution in [0, 0.1) is 12.8 Å². The molecule has 0 radical (unpaired) electrons. The van der Waals surface area contributed by atoms with Crippen LogP contribution in [0.4, 0.5) is 0 Å². The molecule has 0 heterocycles. The van der Waals surface area contributed by atoms with Gasteiger partial charge in [-0.25, -0.2) is 0 Å². The van der Waals surface area contributed by atoms with E-state index in [0.29, 0.717) is 5.92 Å². The van der Waals surface area contributed by atoms with Crippen LogP contribution in [-0.4, -0.2) is 18.6 Å². The average Bonchev–Trinajstić information content (AvgIpc) is 2.28. The fraction of sp³-hybridized carbons (Fsp3) is 0.500. The predicted molar refractivity (Wildman–Crippen MR) is 69.1 cm³/mol. The summed E-state index contributed by atoms with van der Waals surface area (Å²) in [5, 5.41) is 2.90. The number of ether oxygens (including phenoxy) is 1. The molecule has 3 heteroatoms. The van der Waals surface area contributed by atoms with Gasteiger partial charge in [0.1, 0.15) is 5.75 Å². The second-order valence-electron chi connectivity index (χ2n) is 4.70. The Morgan fingerprint density at radius 1 is 1.24 bits per heavy atom. The smallest absolute Gasteiger partial charge is 0.258 e. The molecule has 0 saturated heterocycles. The van der Waals surface area contributed by atoms with Crippen molar-refractivity contribution in [3.63, 3.8) is 0 Å². The second kappa shape index (κ2) is 6.28. The van der Waals surface area contributed by atoms with Gasteiger partial charge in [0.05, 0.1) is 0 Å². The van der Waals surface area contributed by atoms with Crippen LogP contribution in [0.5, 0.6) is 5.75 Å². The van der Waals surface area contributed by atoms with Gasteiger partial charge >= 0.3 is 0 Å². The van der Waals surface area contributed by atoms with Crippen molar-refractivity contribution in [3.8, 4) is 5.75 Å². The maximum atomic E-state index is 11.6. The van der Waals surface area contributed by atoms with E-state index in [9.17, 15) is 4.79 Å². The quantitative estimate of drug-likeness (QED) is 0.851. The summed E-state index contributed by atoms with van der Waals surface area (Å²) in [6.45, 7) is 8.23. The zero-order chi connectivity index (χ0) is 12.8. The highest BCUT2D eigenvalue weighted by atomic mass is 16.5. The summed E-state index contributed by atoms with van der Waals surface area (Å²) in [5.74, 6) is 1.08. The number of hydrogen-bond donors (Lipinski definition) is 1. The first-order chi connectivity index (χ1) is 7.99. The third-order valence-corrected chi connectivity index (χ3v) is 2.78. The van der Waals surface area contributed by atoms with Crippen molar-refractivity contribution in [2.45, 2.75) is 33.7 Å². The summed E-state index contributed by atoms with van der Waals surface area (Å²) >= 11 is 0. The van der Waals surface area contributed by atoms with Gasteiger partial charge in [-0.1, -0.05) is 31.5 Å². The lowest BCUT2D eigenvalue weighted by Crippen LogP contribution is -2.38. The molecule has 0 fully saturated rings. The van der Waals surface area contributed by atoms with Crippen molar-refractivity contribution in [1.29, 1.82) is 0 Å². The number of hydrogen-bond acceptors (Lipinski definition) is 2. The van der Waals surface area contributed by atoms with E-state index in [1.807, 2.05) is 38.1 Å². The molecule has 1 atom stereocenters. The molecule has 0 spiro atoms. The number of carbonyl (C=O) groups is 1. The van der Waals surface area contributed by atoms with Crippen LogP contribution < -0.4 is 10.1 Å². The highest BCUT2D eigenvalue weighted by Gasteiger charge is 2.10. The first-order valence-corrected chi connectivity index (χ1v) is 5.98. The van der Waals surface area contributed by atoms with Crippen molar-refractivity contribution in [3.05, 3.63) is 29.8 Å². The largest absolute Gasteiger partial charge is 0.484 e. The minimum atomic E-state index is -0.0771. The van der Waals surface area contributed by atoms with E-state index < -0.39 is 0 Å². The van der Waals surface area contributed by atoms with Gasteiger partial charge in [-0.3, -0.25) is 4.79 Å². The van der Waals surface area contributed by atoms with Gasteiger partial charge in [0, 0.05) is 6.04 Å². The summed E-state index contributed by atoms with van der Waals surface area (Å²) in [6, 6.07) is 7.83. The van der Waals surface area contributed by atoms with Crippen LogP contribution in [-0.2, 0) is 4.79 Å². The van der Waals surface area contributed by atoms with Gasteiger partial charge in [0.2, 0.25) is 0 Å². The summed E-state index contributed by atoms with van der Waals surface area (Å²) in [6.07, 6.45) is 0. The Kier molecular flexibility index (Phi) is 5.01. The topological polar surface area (TPSA) is 38.3 Å². The molecule has 0 aromatic heterocycles. The monoisotopic (exact) mass is 235 g/mol. The van der Waals surface area contributed by atoms with Gasteiger partial charge in [0.15, 0.2) is 6.61 Å². The lowest BCUT2D eigenvalue weighted by atomic mass is 10.1. The first-order valence-electron chi connectivity index (χ1n) is 5.98. The maximum absolute atomic E-state index is 11.6. The fourth-order valence-corrected chi connectivity index (χ4v) is 1.25. The first kappa shape index (κ1) is 13.6. The summed E-state index contributed by atoms with van der Waals surface area (Å²) in [7, 11) is 0. The average molecular weight is 235 g/mol. The van der Waals surface area contributed by atoms with E-state index >= 15 is 0 Å². The second-order valence-corrected chi connectivity index (χ2v) is 4.70. The van der Waals surface area contributed by atoms with E-state index in [-0.39, 0.29) is 18.6 Å². The van der Waals surface area contributed by atoms with E-state index in [4.69, 9.17) is 4.74 Å². The molecule has 1 amide bonds. The SMILES string of the molecule is Cc1ccc(OCC(=O)NC(C)C(C)C)cc1. The summed E-state index contributed by atoms with van der Waals surface area (Å²) in [5.41, 5.74) is 1.18. The van der Waals surface area contributed by atoms with Gasteiger partial charge in [-0.15, -0.1) is 0 Å². The van der Waals surface area contributed by atoms with E-state index in [1.54, 1.807) is 0 Å². The van der Waals surface area contributed by atoms with Crippen molar-refractivity contribution in [2.75, 3.05) is 6.61 Å². The molecule has 1 aromatic carbocycles. The molecule has 1 N–H and O–H groups in total. The number of rotatable bonds is 5. The van der Waals surface area contributed by atoms with Crippen LogP contribution >= 0.6 is 0 Å². The fourth-order valence-electron chi connectivity index (χ4n) is 1.25. The molecule has 3 nitrogen and oxygen atoms in total. The third-order valence-electron chi connectivity index (χ3n) is 2.78. The Morgan fingerprint density at radius 3 is 2.35 bits per heavy atom. The van der Waals surface area contributed by atoms with E-state index in [0.717, 1.165) is 5.75 Å². The molecule has 1 aromatic rings. The van der Waals surface area contributed by atoms with Gasteiger partial charge < -0.3 is 10.1 Å². The van der Waals surface area contributed by atoms with Gasteiger partial charge in [-0.05, 0) is 31.9 Å². The lowest BCUT2D eigenvalue weighted by Gasteiger charge is -2.17.